The van der Waals surface area contributed by atoms with Gasteiger partial charge in [0.15, 0.2) is 0 Å². The molecule has 0 saturated carbocycles. The summed E-state index contributed by atoms with van der Waals surface area (Å²) in [5, 5.41) is 0. The zero-order chi connectivity index (χ0) is 21.5. The molecule has 5 nitrogen and oxygen atoms in total. The Balaban J connectivity index is 1.87. The first-order valence-corrected chi connectivity index (χ1v) is 11.0. The number of carbonyl (C=O) groups excluding carboxylic acids is 1. The van der Waals surface area contributed by atoms with Gasteiger partial charge in [-0.25, -0.2) is 8.42 Å². The summed E-state index contributed by atoms with van der Waals surface area (Å²) in [6.45, 7) is 1.92. The molecule has 0 amide bonds. The minimum absolute atomic E-state index is 0.125. The van der Waals surface area contributed by atoms with Crippen LogP contribution in [0.25, 0.3) is 0 Å². The minimum Gasteiger partial charge on any atom is -0.378 e. The molecule has 1 aliphatic heterocycles. The third kappa shape index (κ3) is 3.39. The first-order valence-electron chi connectivity index (χ1n) is 9.53. The summed E-state index contributed by atoms with van der Waals surface area (Å²) in [5.74, 6) is -0.514. The summed E-state index contributed by atoms with van der Waals surface area (Å²) < 4.78 is 26.6. The summed E-state index contributed by atoms with van der Waals surface area (Å²) in [7, 11) is -0.0324. The van der Waals surface area contributed by atoms with Crippen molar-refractivity contribution < 1.29 is 13.2 Å². The Hall–Kier alpha value is -3.38. The predicted molar refractivity (Wildman–Crippen MR) is 120 cm³/mol. The zero-order valence-corrected chi connectivity index (χ0v) is 17.8. The van der Waals surface area contributed by atoms with Crippen LogP contribution in [0.3, 0.4) is 0 Å². The largest absolute Gasteiger partial charge is 0.378 e. The number of anilines is 3. The molecule has 1 heterocycles. The van der Waals surface area contributed by atoms with Crippen LogP contribution in [0.15, 0.2) is 88.8 Å². The lowest BCUT2D eigenvalue weighted by atomic mass is 10.1. The first kappa shape index (κ1) is 19.9. The number of hydrogen-bond donors (Lipinski definition) is 0. The van der Waals surface area contributed by atoms with Gasteiger partial charge in [0, 0.05) is 37.2 Å². The molecule has 1 aliphatic rings. The number of hydrogen-bond acceptors (Lipinski definition) is 5. The number of aryl methyl sites for hydroxylation is 1. The van der Waals surface area contributed by atoms with Crippen LogP contribution in [0.1, 0.15) is 15.9 Å². The van der Waals surface area contributed by atoms with Gasteiger partial charge in [-0.1, -0.05) is 42.0 Å². The van der Waals surface area contributed by atoms with Crippen LogP contribution in [0, 0.1) is 6.92 Å². The molecule has 0 unspecified atom stereocenters. The smallest absolute Gasteiger partial charge is 0.214 e. The van der Waals surface area contributed by atoms with Gasteiger partial charge >= 0.3 is 0 Å². The fourth-order valence-electron chi connectivity index (χ4n) is 3.41. The van der Waals surface area contributed by atoms with Crippen molar-refractivity contribution in [2.24, 2.45) is 0 Å². The van der Waals surface area contributed by atoms with Crippen LogP contribution in [0.5, 0.6) is 0 Å². The second-order valence-electron chi connectivity index (χ2n) is 7.44. The summed E-state index contributed by atoms with van der Waals surface area (Å²) in [4.78, 5) is 16.8. The third-order valence-electron chi connectivity index (χ3n) is 5.13. The summed E-state index contributed by atoms with van der Waals surface area (Å²) in [5.41, 5.74) is 3.67. The van der Waals surface area contributed by atoms with E-state index in [0.29, 0.717) is 11.3 Å². The Morgan fingerprint density at radius 1 is 0.867 bits per heavy atom. The van der Waals surface area contributed by atoms with E-state index in [4.69, 9.17) is 0 Å². The number of ketones is 1. The van der Waals surface area contributed by atoms with Crippen LogP contribution < -0.4 is 9.80 Å². The highest BCUT2D eigenvalue weighted by Gasteiger charge is 2.35. The van der Waals surface area contributed by atoms with Gasteiger partial charge in [0.05, 0.1) is 10.6 Å². The average molecular weight is 419 g/mol. The molecule has 0 spiro atoms. The topological polar surface area (TPSA) is 57.7 Å². The Morgan fingerprint density at radius 3 is 2.13 bits per heavy atom. The summed E-state index contributed by atoms with van der Waals surface area (Å²) >= 11 is 0. The van der Waals surface area contributed by atoms with Gasteiger partial charge in [0.25, 0.3) is 0 Å². The Morgan fingerprint density at radius 2 is 1.50 bits per heavy atom. The van der Waals surface area contributed by atoms with E-state index in [2.05, 4.69) is 0 Å². The number of fused-ring (bicyclic) bond motifs is 1. The molecule has 3 aromatic carbocycles. The van der Waals surface area contributed by atoms with Gasteiger partial charge in [0.1, 0.15) is 4.91 Å². The number of para-hydroxylation sites is 1. The number of sulfone groups is 1. The second kappa shape index (κ2) is 7.46. The zero-order valence-electron chi connectivity index (χ0n) is 17.0. The molecule has 6 heteroatoms. The number of rotatable bonds is 4. The molecule has 0 radical (unpaired) electrons. The number of allylic oxidation sites excluding steroid dienone is 1. The highest BCUT2D eigenvalue weighted by atomic mass is 32.2. The summed E-state index contributed by atoms with van der Waals surface area (Å²) in [6.07, 6.45) is 1.44. The van der Waals surface area contributed by atoms with Gasteiger partial charge in [-0.15, -0.1) is 0 Å². The SMILES string of the molecule is Cc1ccc(C(=O)C2=CN(c3ccc(N(C)C)cc3)c3ccccc3S2(=O)=O)cc1. The van der Waals surface area contributed by atoms with Crippen molar-refractivity contribution in [1.82, 2.24) is 0 Å². The maximum Gasteiger partial charge on any atom is 0.214 e. The van der Waals surface area contributed by atoms with E-state index in [1.54, 1.807) is 53.4 Å². The molecule has 0 N–H and O–H groups in total. The molecule has 30 heavy (non-hydrogen) atoms. The van der Waals surface area contributed by atoms with Crippen molar-refractivity contribution >= 4 is 32.7 Å². The summed E-state index contributed by atoms with van der Waals surface area (Å²) in [6, 6.07) is 21.4. The molecule has 3 aromatic rings. The quantitative estimate of drug-likeness (QED) is 0.574. The van der Waals surface area contributed by atoms with E-state index in [9.17, 15) is 13.2 Å². The molecule has 0 aliphatic carbocycles. The molecule has 4 rings (SSSR count). The van der Waals surface area contributed by atoms with E-state index in [-0.39, 0.29) is 9.80 Å². The standard InChI is InChI=1S/C24H22N2O3S/c1-17-8-10-18(11-9-17)24(27)23-16-26(20-14-12-19(13-15-20)25(2)3)21-6-4-5-7-22(21)30(23,28)29/h4-16H,1-3H3. The van der Waals surface area contributed by atoms with Crippen molar-refractivity contribution in [3.05, 3.63) is 95.0 Å². The average Bonchev–Trinajstić information content (AvgIpc) is 2.74. The van der Waals surface area contributed by atoms with Crippen molar-refractivity contribution in [3.63, 3.8) is 0 Å². The Kier molecular flexibility index (Phi) is 4.95. The lowest BCUT2D eigenvalue weighted by molar-refractivity contribution is 0.104. The second-order valence-corrected chi connectivity index (χ2v) is 9.33. The number of nitrogens with zero attached hydrogens (tertiary/aromatic N) is 2. The van der Waals surface area contributed by atoms with Gasteiger partial charge in [-0.05, 0) is 43.3 Å². The van der Waals surface area contributed by atoms with Crippen LogP contribution in [0.4, 0.5) is 17.1 Å². The van der Waals surface area contributed by atoms with E-state index in [0.717, 1.165) is 16.9 Å². The molecule has 0 aromatic heterocycles. The maximum atomic E-state index is 13.3. The van der Waals surface area contributed by atoms with E-state index >= 15 is 0 Å². The van der Waals surface area contributed by atoms with Crippen LogP contribution in [0.2, 0.25) is 0 Å². The van der Waals surface area contributed by atoms with Crippen molar-refractivity contribution in [1.29, 1.82) is 0 Å². The maximum absolute atomic E-state index is 13.3. The normalized spacial score (nSPS) is 14.6. The monoisotopic (exact) mass is 418 g/mol. The lowest BCUT2D eigenvalue weighted by Gasteiger charge is -2.29. The van der Waals surface area contributed by atoms with Crippen molar-refractivity contribution in [2.45, 2.75) is 11.8 Å². The van der Waals surface area contributed by atoms with E-state index in [1.165, 1.54) is 6.20 Å². The number of Topliss-reactive ketones (excluding diaryl/α,β-unsaturated/α-hetero) is 1. The molecule has 0 fully saturated rings. The fourth-order valence-corrected chi connectivity index (χ4v) is 4.95. The molecular weight excluding hydrogens is 396 g/mol. The first-order chi connectivity index (χ1) is 14.3. The van der Waals surface area contributed by atoms with Crippen LogP contribution >= 0.6 is 0 Å². The fraction of sp³-hybridized carbons (Fsp3) is 0.125. The van der Waals surface area contributed by atoms with Crippen LogP contribution in [-0.4, -0.2) is 28.3 Å². The molecule has 0 bridgehead atoms. The number of benzene rings is 3. The van der Waals surface area contributed by atoms with Crippen molar-refractivity contribution in [3.8, 4) is 0 Å². The number of carbonyl (C=O) groups is 1. The Labute approximate surface area is 176 Å². The van der Waals surface area contributed by atoms with Gasteiger partial charge in [-0.2, -0.15) is 0 Å². The van der Waals surface area contributed by atoms with Gasteiger partial charge < -0.3 is 9.80 Å². The third-order valence-corrected chi connectivity index (χ3v) is 6.93. The Bertz CT molecular complexity index is 1240. The predicted octanol–water partition coefficient (Wildman–Crippen LogP) is 4.71. The molecule has 0 saturated heterocycles. The van der Waals surface area contributed by atoms with Crippen LogP contribution in [-0.2, 0) is 9.84 Å². The molecule has 0 atom stereocenters. The van der Waals surface area contributed by atoms with E-state index in [1.807, 2.05) is 50.2 Å². The minimum atomic E-state index is -3.94. The van der Waals surface area contributed by atoms with Gasteiger partial charge in [-0.3, -0.25) is 4.79 Å². The highest BCUT2D eigenvalue weighted by Crippen LogP contribution is 2.40. The van der Waals surface area contributed by atoms with Gasteiger partial charge in [0.2, 0.25) is 15.6 Å². The molecular formula is C24H22N2O3S. The highest BCUT2D eigenvalue weighted by molar-refractivity contribution is 7.96. The van der Waals surface area contributed by atoms with E-state index < -0.39 is 15.6 Å². The molecule has 152 valence electrons. The lowest BCUT2D eigenvalue weighted by Crippen LogP contribution is -2.25. The van der Waals surface area contributed by atoms with Crippen molar-refractivity contribution in [2.75, 3.05) is 23.9 Å².